The maximum Gasteiger partial charge on any atom is 0.309 e. The summed E-state index contributed by atoms with van der Waals surface area (Å²) in [6.45, 7) is 10.6. The van der Waals surface area contributed by atoms with Crippen molar-refractivity contribution in [2.45, 2.75) is 79.1 Å². The van der Waals surface area contributed by atoms with Crippen molar-refractivity contribution in [2.24, 2.45) is 17.3 Å². The lowest BCUT2D eigenvalue weighted by atomic mass is 9.73. The summed E-state index contributed by atoms with van der Waals surface area (Å²) in [5, 5.41) is 24.3. The van der Waals surface area contributed by atoms with E-state index in [0.717, 1.165) is 16.3 Å². The molecule has 0 amide bonds. The van der Waals surface area contributed by atoms with Crippen molar-refractivity contribution in [3.8, 4) is 0 Å². The highest BCUT2D eigenvalue weighted by atomic mass is 32.1. The van der Waals surface area contributed by atoms with Gasteiger partial charge in [-0.15, -0.1) is 11.3 Å². The van der Waals surface area contributed by atoms with Gasteiger partial charge in [-0.1, -0.05) is 52.0 Å². The Balaban J connectivity index is 2.32. The van der Waals surface area contributed by atoms with Gasteiger partial charge in [-0.05, 0) is 37.8 Å². The number of ether oxygens (including phenoxy) is 1. The number of rotatable bonds is 2. The van der Waals surface area contributed by atoms with Gasteiger partial charge in [0.1, 0.15) is 11.9 Å². The lowest BCUT2D eigenvalue weighted by Gasteiger charge is -2.34. The van der Waals surface area contributed by atoms with Crippen LogP contribution < -0.4 is 0 Å². The van der Waals surface area contributed by atoms with E-state index in [9.17, 15) is 19.8 Å². The molecule has 2 N–H and O–H groups in total. The average Bonchev–Trinajstić information content (AvgIpc) is 3.16. The largest absolute Gasteiger partial charge is 0.457 e. The molecule has 6 nitrogen and oxygen atoms in total. The Morgan fingerprint density at radius 1 is 1.18 bits per heavy atom. The number of cyclic esters (lactones) is 1. The molecule has 0 spiro atoms. The molecule has 0 saturated carbocycles. The van der Waals surface area contributed by atoms with E-state index in [4.69, 9.17) is 4.74 Å². The van der Waals surface area contributed by atoms with Crippen LogP contribution in [-0.2, 0) is 14.3 Å². The molecule has 2 heterocycles. The predicted molar refractivity (Wildman–Crippen MR) is 132 cm³/mol. The third-order valence-electron chi connectivity index (χ3n) is 6.37. The van der Waals surface area contributed by atoms with Gasteiger partial charge in [-0.2, -0.15) is 0 Å². The molecule has 5 atom stereocenters. The number of carbonyl (C=O) groups excluding carboxylic acids is 2. The smallest absolute Gasteiger partial charge is 0.309 e. The van der Waals surface area contributed by atoms with Gasteiger partial charge >= 0.3 is 5.97 Å². The van der Waals surface area contributed by atoms with Crippen LogP contribution in [-0.4, -0.2) is 45.3 Å². The number of hydrogen-bond donors (Lipinski definition) is 2. The molecule has 182 valence electrons. The zero-order valence-electron chi connectivity index (χ0n) is 20.4. The molecule has 7 heteroatoms. The van der Waals surface area contributed by atoms with Gasteiger partial charge in [0.2, 0.25) is 0 Å². The Morgan fingerprint density at radius 3 is 2.42 bits per heavy atom. The summed E-state index contributed by atoms with van der Waals surface area (Å²) in [5.74, 6) is -1.64. The SMILES string of the molecule is C/C(=C\c1csc(C)n1)[C@@H]1C/C=C\C=C/C[C@H](C)[C@H](O)[C@@H](C)C(=O)C(C)(C)[C@@H](O)CC(=O)O1. The van der Waals surface area contributed by atoms with Crippen LogP contribution in [0.2, 0.25) is 0 Å². The number of carbonyl (C=O) groups is 2. The molecule has 1 aliphatic rings. The lowest BCUT2D eigenvalue weighted by Crippen LogP contribution is -2.45. The number of hydrogen-bond acceptors (Lipinski definition) is 7. The number of esters is 1. The first kappa shape index (κ1) is 27.2. The molecule has 1 aromatic rings. The number of allylic oxidation sites excluding steroid dienone is 3. The Morgan fingerprint density at radius 2 is 1.82 bits per heavy atom. The van der Waals surface area contributed by atoms with Gasteiger partial charge in [0.25, 0.3) is 0 Å². The number of ketones is 1. The highest BCUT2D eigenvalue weighted by Crippen LogP contribution is 2.32. The minimum Gasteiger partial charge on any atom is -0.457 e. The number of thiazole rings is 1. The monoisotopic (exact) mass is 475 g/mol. The number of aliphatic hydroxyl groups is 2. The molecule has 33 heavy (non-hydrogen) atoms. The van der Waals surface area contributed by atoms with Crippen molar-refractivity contribution in [1.29, 1.82) is 0 Å². The maximum absolute atomic E-state index is 13.1. The van der Waals surface area contributed by atoms with Crippen LogP contribution in [0.3, 0.4) is 0 Å². The highest BCUT2D eigenvalue weighted by Gasteiger charge is 2.42. The van der Waals surface area contributed by atoms with E-state index in [1.54, 1.807) is 32.1 Å². The number of aliphatic hydroxyl groups excluding tert-OH is 2. The van der Waals surface area contributed by atoms with E-state index < -0.39 is 35.6 Å². The molecule has 0 bridgehead atoms. The summed E-state index contributed by atoms with van der Waals surface area (Å²) in [4.78, 5) is 30.3. The van der Waals surface area contributed by atoms with Crippen molar-refractivity contribution in [3.05, 3.63) is 46.0 Å². The van der Waals surface area contributed by atoms with Crippen molar-refractivity contribution in [1.82, 2.24) is 4.98 Å². The molecule has 1 aliphatic heterocycles. The normalized spacial score (nSPS) is 32.2. The number of aromatic nitrogens is 1. The van der Waals surface area contributed by atoms with E-state index in [2.05, 4.69) is 4.98 Å². The minimum absolute atomic E-state index is 0.126. The number of Topliss-reactive ketones (excluding diaryl/α,β-unsaturated/α-hetero) is 1. The molecular weight excluding hydrogens is 438 g/mol. The molecule has 0 fully saturated rings. The number of aryl methyl sites for hydroxylation is 1. The Hall–Kier alpha value is -2.09. The van der Waals surface area contributed by atoms with Gasteiger partial charge in [-0.25, -0.2) is 4.98 Å². The Kier molecular flexibility index (Phi) is 9.76. The zero-order chi connectivity index (χ0) is 24.8. The fraction of sp³-hybridized carbons (Fsp3) is 0.577. The van der Waals surface area contributed by atoms with Gasteiger partial charge in [0.15, 0.2) is 0 Å². The lowest BCUT2D eigenvalue weighted by molar-refractivity contribution is -0.154. The third-order valence-corrected chi connectivity index (χ3v) is 7.16. The molecule has 0 radical (unpaired) electrons. The average molecular weight is 476 g/mol. The minimum atomic E-state index is -1.23. The molecule has 1 aromatic heterocycles. The first-order valence-corrected chi connectivity index (χ1v) is 12.3. The van der Waals surface area contributed by atoms with E-state index in [1.807, 2.05) is 56.5 Å². The van der Waals surface area contributed by atoms with Crippen molar-refractivity contribution in [2.75, 3.05) is 0 Å². The predicted octanol–water partition coefficient (Wildman–Crippen LogP) is 4.65. The second-order valence-electron chi connectivity index (χ2n) is 9.55. The molecule has 2 rings (SSSR count). The Bertz CT molecular complexity index is 914. The summed E-state index contributed by atoms with van der Waals surface area (Å²) >= 11 is 1.55. The molecule has 0 aromatic carbocycles. The van der Waals surface area contributed by atoms with Crippen LogP contribution >= 0.6 is 11.3 Å². The zero-order valence-corrected chi connectivity index (χ0v) is 21.3. The van der Waals surface area contributed by atoms with E-state index in [0.29, 0.717) is 12.8 Å². The summed E-state index contributed by atoms with van der Waals surface area (Å²) in [7, 11) is 0. The Labute approximate surface area is 201 Å². The molecule has 0 aliphatic carbocycles. The van der Waals surface area contributed by atoms with Crippen LogP contribution in [0.25, 0.3) is 6.08 Å². The summed E-state index contributed by atoms with van der Waals surface area (Å²) in [5.41, 5.74) is 0.457. The van der Waals surface area contributed by atoms with Crippen LogP contribution in [0, 0.1) is 24.2 Å². The van der Waals surface area contributed by atoms with Crippen LogP contribution in [0.15, 0.2) is 35.3 Å². The van der Waals surface area contributed by atoms with E-state index in [-0.39, 0.29) is 18.1 Å². The maximum atomic E-state index is 13.1. The fourth-order valence-corrected chi connectivity index (χ4v) is 4.48. The van der Waals surface area contributed by atoms with E-state index in [1.165, 1.54) is 0 Å². The van der Waals surface area contributed by atoms with Crippen LogP contribution in [0.5, 0.6) is 0 Å². The van der Waals surface area contributed by atoms with Crippen molar-refractivity contribution in [3.63, 3.8) is 0 Å². The molecular formula is C26H37NO5S. The third kappa shape index (κ3) is 7.45. The standard InChI is InChI=1S/C26H37NO5S/c1-16-11-9-7-8-10-12-21(17(2)13-20-15-33-19(4)27-20)32-23(29)14-22(28)26(5,6)25(31)18(3)24(16)30/h7-10,13,15-16,18,21-22,24,28,30H,11-12,14H2,1-6H3/b9-7-,10-8-,17-13+/t16-,18+,21-,22-,24-/m0/s1. The van der Waals surface area contributed by atoms with Gasteiger partial charge < -0.3 is 14.9 Å². The van der Waals surface area contributed by atoms with Crippen LogP contribution in [0.4, 0.5) is 0 Å². The quantitative estimate of drug-likeness (QED) is 0.604. The van der Waals surface area contributed by atoms with Crippen molar-refractivity contribution < 1.29 is 24.5 Å². The fourth-order valence-electron chi connectivity index (χ4n) is 3.91. The van der Waals surface area contributed by atoms with Gasteiger partial charge in [-0.3, -0.25) is 9.59 Å². The van der Waals surface area contributed by atoms with Crippen LogP contribution in [0.1, 0.15) is 64.6 Å². The highest BCUT2D eigenvalue weighted by molar-refractivity contribution is 7.09. The van der Waals surface area contributed by atoms with Gasteiger partial charge in [0.05, 0.1) is 34.7 Å². The van der Waals surface area contributed by atoms with Gasteiger partial charge in [0, 0.05) is 17.7 Å². The van der Waals surface area contributed by atoms with Crippen molar-refractivity contribution >= 4 is 29.2 Å². The summed E-state index contributed by atoms with van der Waals surface area (Å²) in [6.07, 6.45) is 7.77. The second-order valence-corrected chi connectivity index (χ2v) is 10.6. The molecule has 0 saturated heterocycles. The first-order valence-electron chi connectivity index (χ1n) is 11.4. The second kappa shape index (κ2) is 11.9. The number of nitrogens with zero attached hydrogens (tertiary/aromatic N) is 1. The topological polar surface area (TPSA) is 96.7 Å². The molecule has 0 unspecified atom stereocenters. The summed E-state index contributed by atoms with van der Waals surface area (Å²) < 4.78 is 5.73. The first-order chi connectivity index (χ1) is 15.4. The van der Waals surface area contributed by atoms with E-state index >= 15 is 0 Å². The summed E-state index contributed by atoms with van der Waals surface area (Å²) in [6, 6.07) is 0.